The molecule has 2 atom stereocenters. The summed E-state index contributed by atoms with van der Waals surface area (Å²) in [5.41, 5.74) is 3.48. The molecule has 2 N–H and O–H groups in total. The van der Waals surface area contributed by atoms with Gasteiger partial charge >= 0.3 is 11.9 Å². The van der Waals surface area contributed by atoms with Crippen LogP contribution in [-0.2, 0) is 9.59 Å². The highest BCUT2D eigenvalue weighted by Gasteiger charge is 2.47. The molecule has 0 aromatic heterocycles. The number of nitrogens with one attached hydrogen (secondary N) is 2. The Balaban J connectivity index is 0.909. The normalized spacial score (nSPS) is 16.0. The molecule has 4 amide bonds. The summed E-state index contributed by atoms with van der Waals surface area (Å²) in [4.78, 5) is 78.3. The average Bonchev–Trinajstić information content (AvgIpc) is 3.45. The first-order chi connectivity index (χ1) is 26.1. The second-order valence-corrected chi connectivity index (χ2v) is 12.9. The van der Waals surface area contributed by atoms with Gasteiger partial charge in [0.1, 0.15) is 11.5 Å². The van der Waals surface area contributed by atoms with Gasteiger partial charge in [0.05, 0.1) is 28.7 Å². The molecule has 1 aliphatic heterocycles. The molecule has 1 aliphatic carbocycles. The molecular weight excluding hydrogens is 686 g/mol. The Hall–Kier alpha value is -7.14. The zero-order chi connectivity index (χ0) is 37.8. The van der Waals surface area contributed by atoms with Crippen LogP contribution >= 0.6 is 0 Å². The number of rotatable bonds is 9. The fourth-order valence-electron chi connectivity index (χ4n) is 6.24. The fraction of sp³-hybridized carbons (Fsp3) is 0.116. The first kappa shape index (κ1) is 35.3. The third kappa shape index (κ3) is 7.70. The summed E-state index contributed by atoms with van der Waals surface area (Å²) in [6.07, 6.45) is 4.96. The van der Waals surface area contributed by atoms with Crippen LogP contribution in [0.3, 0.4) is 0 Å². The van der Waals surface area contributed by atoms with Gasteiger partial charge in [0, 0.05) is 22.5 Å². The first-order valence-electron chi connectivity index (χ1n) is 17.2. The van der Waals surface area contributed by atoms with Gasteiger partial charge in [-0.3, -0.25) is 24.1 Å². The summed E-state index contributed by atoms with van der Waals surface area (Å²) < 4.78 is 10.9. The number of benzene rings is 5. The molecule has 54 heavy (non-hydrogen) atoms. The zero-order valence-corrected chi connectivity index (χ0v) is 29.0. The Labute approximate surface area is 310 Å². The van der Waals surface area contributed by atoms with Crippen molar-refractivity contribution in [1.29, 1.82) is 0 Å². The van der Waals surface area contributed by atoms with Crippen molar-refractivity contribution >= 4 is 52.6 Å². The standard InChI is InChI=1S/C43H33N3O8/c1-26-9-11-28(12-10-26)42(51)53-34-21-17-32(18-22-34)45-39(48)29-5-4-6-30(25-29)43(52)54-35-23-15-31(16-24-35)44-38(47)27-13-19-33(20-14-27)46-40(49)36-7-2-3-8-37(36)41(46)50/h2-6,9-25,36-37H,7-8H2,1H3,(H,44,47)(H,45,48). The van der Waals surface area contributed by atoms with E-state index in [1.54, 1.807) is 84.9 Å². The summed E-state index contributed by atoms with van der Waals surface area (Å²) >= 11 is 0. The summed E-state index contributed by atoms with van der Waals surface area (Å²) in [6, 6.07) is 31.9. The molecule has 0 bridgehead atoms. The lowest BCUT2D eigenvalue weighted by Crippen LogP contribution is -2.30. The van der Waals surface area contributed by atoms with Crippen LogP contribution in [0, 0.1) is 18.8 Å². The first-order valence-corrected chi connectivity index (χ1v) is 17.2. The molecule has 7 rings (SSSR count). The largest absolute Gasteiger partial charge is 0.423 e. The van der Waals surface area contributed by atoms with Crippen molar-refractivity contribution < 1.29 is 38.2 Å². The minimum absolute atomic E-state index is 0.148. The Morgan fingerprint density at radius 3 is 1.56 bits per heavy atom. The summed E-state index contributed by atoms with van der Waals surface area (Å²) in [6.45, 7) is 1.93. The topological polar surface area (TPSA) is 148 Å². The van der Waals surface area contributed by atoms with Crippen molar-refractivity contribution in [3.8, 4) is 11.5 Å². The van der Waals surface area contributed by atoms with Crippen LogP contribution in [0.2, 0.25) is 0 Å². The van der Waals surface area contributed by atoms with Gasteiger partial charge in [-0.05, 0) is 123 Å². The number of carbonyl (C=O) groups excluding carboxylic acids is 6. The van der Waals surface area contributed by atoms with Crippen molar-refractivity contribution in [2.45, 2.75) is 19.8 Å². The van der Waals surface area contributed by atoms with Gasteiger partial charge in [-0.15, -0.1) is 0 Å². The van der Waals surface area contributed by atoms with Gasteiger partial charge in [0.15, 0.2) is 0 Å². The van der Waals surface area contributed by atoms with Gasteiger partial charge in [0.25, 0.3) is 11.8 Å². The third-order valence-corrected chi connectivity index (χ3v) is 9.19. The Kier molecular flexibility index (Phi) is 9.94. The SMILES string of the molecule is Cc1ccc(C(=O)Oc2ccc(NC(=O)c3cccc(C(=O)Oc4ccc(NC(=O)c5ccc(N6C(=O)C7CC=CCC7C6=O)cc5)cc4)c3)cc2)cc1. The molecule has 0 spiro atoms. The van der Waals surface area contributed by atoms with E-state index in [4.69, 9.17) is 9.47 Å². The monoisotopic (exact) mass is 719 g/mol. The van der Waals surface area contributed by atoms with Crippen molar-refractivity contribution in [2.75, 3.05) is 15.5 Å². The molecule has 1 saturated heterocycles. The van der Waals surface area contributed by atoms with Crippen LogP contribution in [0.1, 0.15) is 59.8 Å². The predicted molar refractivity (Wildman–Crippen MR) is 201 cm³/mol. The minimum atomic E-state index is -0.688. The maximum absolute atomic E-state index is 13.0. The molecule has 5 aromatic rings. The number of allylic oxidation sites excluding steroid dienone is 2. The quantitative estimate of drug-likeness (QED) is 0.0694. The number of carbonyl (C=O) groups is 6. The highest BCUT2D eigenvalue weighted by atomic mass is 16.5. The van der Waals surface area contributed by atoms with Crippen molar-refractivity contribution in [3.63, 3.8) is 0 Å². The second kappa shape index (κ2) is 15.2. The number of nitrogens with zero attached hydrogens (tertiary/aromatic N) is 1. The molecule has 1 fully saturated rings. The minimum Gasteiger partial charge on any atom is -0.423 e. The lowest BCUT2D eigenvalue weighted by molar-refractivity contribution is -0.122. The van der Waals surface area contributed by atoms with Crippen LogP contribution in [0.5, 0.6) is 11.5 Å². The molecule has 11 nitrogen and oxygen atoms in total. The van der Waals surface area contributed by atoms with Crippen LogP contribution in [-0.4, -0.2) is 35.6 Å². The van der Waals surface area contributed by atoms with E-state index in [0.717, 1.165) is 5.56 Å². The molecule has 11 heteroatoms. The maximum Gasteiger partial charge on any atom is 0.343 e. The number of hydrogen-bond acceptors (Lipinski definition) is 8. The van der Waals surface area contributed by atoms with E-state index < -0.39 is 23.8 Å². The molecule has 1 heterocycles. The van der Waals surface area contributed by atoms with E-state index in [1.807, 2.05) is 31.2 Å². The van der Waals surface area contributed by atoms with Crippen LogP contribution < -0.4 is 25.0 Å². The molecule has 0 radical (unpaired) electrons. The highest BCUT2D eigenvalue weighted by molar-refractivity contribution is 6.22. The molecule has 268 valence electrons. The van der Waals surface area contributed by atoms with E-state index in [9.17, 15) is 28.8 Å². The number of hydrogen-bond donors (Lipinski definition) is 2. The maximum atomic E-state index is 13.0. The van der Waals surface area contributed by atoms with Crippen molar-refractivity contribution in [2.24, 2.45) is 11.8 Å². The average molecular weight is 720 g/mol. The lowest BCUT2D eigenvalue weighted by atomic mass is 9.85. The smallest absolute Gasteiger partial charge is 0.343 e. The number of aryl methyl sites for hydroxylation is 1. The number of ether oxygens (including phenoxy) is 2. The van der Waals surface area contributed by atoms with Crippen LogP contribution in [0.25, 0.3) is 0 Å². The fourth-order valence-corrected chi connectivity index (χ4v) is 6.24. The van der Waals surface area contributed by atoms with Crippen molar-refractivity contribution in [1.82, 2.24) is 0 Å². The molecular formula is C43H33N3O8. The Morgan fingerprint density at radius 1 is 0.556 bits per heavy atom. The summed E-state index contributed by atoms with van der Waals surface area (Å²) in [5, 5.41) is 5.53. The van der Waals surface area contributed by atoms with E-state index in [0.29, 0.717) is 46.8 Å². The third-order valence-electron chi connectivity index (χ3n) is 9.19. The Bertz CT molecular complexity index is 2270. The number of imide groups is 1. The number of anilines is 3. The Morgan fingerprint density at radius 2 is 1.02 bits per heavy atom. The zero-order valence-electron chi connectivity index (χ0n) is 29.0. The van der Waals surface area contributed by atoms with E-state index in [2.05, 4.69) is 10.6 Å². The molecule has 5 aromatic carbocycles. The van der Waals surface area contributed by atoms with Gasteiger partial charge in [0.2, 0.25) is 11.8 Å². The van der Waals surface area contributed by atoms with Gasteiger partial charge in [-0.25, -0.2) is 9.59 Å². The van der Waals surface area contributed by atoms with Gasteiger partial charge in [-0.2, -0.15) is 0 Å². The van der Waals surface area contributed by atoms with Gasteiger partial charge < -0.3 is 20.1 Å². The summed E-state index contributed by atoms with van der Waals surface area (Å²) in [5.74, 6) is -2.63. The van der Waals surface area contributed by atoms with E-state index in [-0.39, 0.29) is 40.5 Å². The lowest BCUT2D eigenvalue weighted by Gasteiger charge is -2.15. The highest BCUT2D eigenvalue weighted by Crippen LogP contribution is 2.37. The molecule has 2 aliphatic rings. The number of fused-ring (bicyclic) bond motifs is 1. The van der Waals surface area contributed by atoms with Crippen LogP contribution in [0.15, 0.2) is 133 Å². The van der Waals surface area contributed by atoms with Crippen LogP contribution in [0.4, 0.5) is 17.1 Å². The van der Waals surface area contributed by atoms with Crippen molar-refractivity contribution in [3.05, 3.63) is 161 Å². The molecule has 2 unspecified atom stereocenters. The van der Waals surface area contributed by atoms with Gasteiger partial charge in [-0.1, -0.05) is 35.9 Å². The van der Waals surface area contributed by atoms with E-state index in [1.165, 1.54) is 29.2 Å². The number of amides is 4. The molecule has 0 saturated carbocycles. The predicted octanol–water partition coefficient (Wildman–Crippen LogP) is 7.39. The van der Waals surface area contributed by atoms with E-state index >= 15 is 0 Å². The number of esters is 2. The second-order valence-electron chi connectivity index (χ2n) is 12.9. The summed E-state index contributed by atoms with van der Waals surface area (Å²) in [7, 11) is 0.